The number of alkyl halides is 1. The van der Waals surface area contributed by atoms with Gasteiger partial charge in [-0.2, -0.15) is 10.2 Å². The number of pyridine rings is 2. The molecule has 6 heterocycles. The van der Waals surface area contributed by atoms with E-state index in [4.69, 9.17) is 11.6 Å². The Morgan fingerprint density at radius 3 is 1.57 bits per heavy atom. The molecule has 4 aromatic carbocycles. The van der Waals surface area contributed by atoms with E-state index in [0.717, 1.165) is 31.8 Å². The third-order valence-electron chi connectivity index (χ3n) is 9.82. The molecule has 0 aliphatic heterocycles. The molecule has 0 radical (unpaired) electrons. The van der Waals surface area contributed by atoms with Gasteiger partial charge in [0.2, 0.25) is 0 Å². The van der Waals surface area contributed by atoms with Gasteiger partial charge in [0.25, 0.3) is 11.1 Å². The summed E-state index contributed by atoms with van der Waals surface area (Å²) >= 11 is 12.1. The third-order valence-corrected chi connectivity index (χ3v) is 11.3. The van der Waals surface area contributed by atoms with E-state index in [-0.39, 0.29) is 34.6 Å². The van der Waals surface area contributed by atoms with Gasteiger partial charge in [-0.05, 0) is 90.5 Å². The minimum absolute atomic E-state index is 0.103. The molecule has 0 saturated heterocycles. The van der Waals surface area contributed by atoms with Gasteiger partial charge in [0.1, 0.15) is 34.3 Å². The summed E-state index contributed by atoms with van der Waals surface area (Å²) in [5.74, 6) is -2.92. The Morgan fingerprint density at radius 2 is 1.08 bits per heavy atom. The first-order valence-electron chi connectivity index (χ1n) is 18.7. The normalized spacial score (nSPS) is 11.2. The van der Waals surface area contributed by atoms with Crippen LogP contribution in [-0.2, 0) is 26.5 Å². The van der Waals surface area contributed by atoms with E-state index < -0.39 is 28.8 Å². The minimum atomic E-state index is -0.738. The number of benzene rings is 4. The Hall–Kier alpha value is -6.63. The predicted molar refractivity (Wildman–Crippen MR) is 240 cm³/mol. The SMILES string of the molecule is Cn1cc2c(-c3cc(F)c(CCl)c(F)c3)cccc2n1.Cn1cc2c(-c3cc(F)c(Cn4cc(Br)c5nccnc5c4=O)c(F)c3)cccc2n1.O=c1[nH]cc(Br)c2nccnc12. The maximum atomic E-state index is 15.0. The molecule has 0 saturated carbocycles. The van der Waals surface area contributed by atoms with E-state index >= 15 is 8.78 Å². The van der Waals surface area contributed by atoms with Crippen LogP contribution < -0.4 is 11.1 Å². The van der Waals surface area contributed by atoms with Gasteiger partial charge in [0, 0.05) is 85.6 Å². The zero-order valence-corrected chi connectivity index (χ0v) is 36.7. The number of fused-ring (bicyclic) bond motifs is 4. The van der Waals surface area contributed by atoms with E-state index in [9.17, 15) is 18.4 Å². The van der Waals surface area contributed by atoms with Crippen LogP contribution in [0, 0.1) is 23.3 Å². The maximum Gasteiger partial charge on any atom is 0.279 e. The molecular weight excluding hydrogens is 972 g/mol. The minimum Gasteiger partial charge on any atom is -0.326 e. The number of nitrogens with zero attached hydrogens (tertiary/aromatic N) is 9. The highest BCUT2D eigenvalue weighted by molar-refractivity contribution is 9.11. The highest BCUT2D eigenvalue weighted by atomic mass is 79.9. The lowest BCUT2D eigenvalue weighted by Crippen LogP contribution is -2.22. The fourth-order valence-corrected chi connectivity index (χ4v) is 8.11. The Morgan fingerprint density at radius 1 is 0.619 bits per heavy atom. The molecule has 6 aromatic heterocycles. The van der Waals surface area contributed by atoms with Crippen LogP contribution in [0.3, 0.4) is 0 Å². The summed E-state index contributed by atoms with van der Waals surface area (Å²) in [4.78, 5) is 42.5. The fraction of sp³-hybridized carbons (Fsp3) is 0.0909. The molecule has 0 spiro atoms. The first kappa shape index (κ1) is 43.0. The quantitative estimate of drug-likeness (QED) is 0.133. The smallest absolute Gasteiger partial charge is 0.279 e. The van der Waals surface area contributed by atoms with Gasteiger partial charge in [0.05, 0.1) is 32.4 Å². The first-order valence-corrected chi connectivity index (χ1v) is 20.8. The van der Waals surface area contributed by atoms with Gasteiger partial charge in [-0.15, -0.1) is 11.6 Å². The van der Waals surface area contributed by atoms with Gasteiger partial charge in [-0.3, -0.25) is 28.9 Å². The van der Waals surface area contributed by atoms with Crippen molar-refractivity contribution in [3.8, 4) is 22.3 Å². The van der Waals surface area contributed by atoms with Crippen molar-refractivity contribution in [2.24, 2.45) is 14.1 Å². The number of halogens is 7. The van der Waals surface area contributed by atoms with E-state index in [0.29, 0.717) is 37.7 Å². The molecule has 0 aliphatic rings. The number of aryl methyl sites for hydroxylation is 2. The van der Waals surface area contributed by atoms with Crippen LogP contribution in [0.25, 0.3) is 66.1 Å². The standard InChI is InChI=1S/C22H14BrF2N5O.C15H11ClF2N2.C7H4BrN3O/c1-29-9-14-13(3-2-4-19(14)28-29)12-7-17(24)15(18(25)8-12)10-30-11-16(23)20-21(22(30)31)27-6-5-26-20;1-20-8-12-10(3-2-4-15(12)19-20)9-5-13(17)11(7-16)14(18)6-9;8-4-3-11-7(12)6-5(4)9-1-2-10-6/h2-9,11H,10H2,1H3;2-6,8H,7H2,1H3;1-3H,(H,11,12). The first-order chi connectivity index (χ1) is 30.3. The van der Waals surface area contributed by atoms with E-state index in [2.05, 4.69) is 67.0 Å². The van der Waals surface area contributed by atoms with E-state index in [1.807, 2.05) is 43.7 Å². The van der Waals surface area contributed by atoms with Gasteiger partial charge >= 0.3 is 0 Å². The Bertz CT molecular complexity index is 3460. The van der Waals surface area contributed by atoms with Gasteiger partial charge in [-0.25, -0.2) is 27.5 Å². The summed E-state index contributed by atoms with van der Waals surface area (Å²) in [5, 5.41) is 10.3. The second kappa shape index (κ2) is 18.0. The molecule has 19 heteroatoms. The molecule has 0 fully saturated rings. The lowest BCUT2D eigenvalue weighted by atomic mass is 10.00. The number of nitrogens with one attached hydrogen (secondary N) is 1. The fourth-order valence-electron chi connectivity index (χ4n) is 6.92. The average Bonchev–Trinajstić information content (AvgIpc) is 3.86. The summed E-state index contributed by atoms with van der Waals surface area (Å²) in [6.07, 6.45) is 12.6. The Labute approximate surface area is 375 Å². The van der Waals surface area contributed by atoms with Crippen LogP contribution in [-0.4, -0.2) is 49.0 Å². The van der Waals surface area contributed by atoms with Gasteiger partial charge < -0.3 is 9.55 Å². The monoisotopic (exact) mass is 998 g/mol. The molecule has 10 rings (SSSR count). The average molecular weight is 1000 g/mol. The van der Waals surface area contributed by atoms with Crippen molar-refractivity contribution in [1.29, 1.82) is 0 Å². The number of aromatic nitrogens is 10. The van der Waals surface area contributed by atoms with Crippen LogP contribution in [0.15, 0.2) is 129 Å². The molecular formula is C44H29Br2ClF4N10O2. The Kier molecular flexibility index (Phi) is 12.3. The molecule has 0 aliphatic carbocycles. The zero-order chi connectivity index (χ0) is 44.5. The molecule has 0 atom stereocenters. The third kappa shape index (κ3) is 8.74. The Balaban J connectivity index is 0.000000145. The summed E-state index contributed by atoms with van der Waals surface area (Å²) < 4.78 is 63.5. The van der Waals surface area contributed by atoms with Crippen molar-refractivity contribution in [3.63, 3.8) is 0 Å². The van der Waals surface area contributed by atoms with Crippen LogP contribution in [0.4, 0.5) is 17.6 Å². The molecule has 1 N–H and O–H groups in total. The van der Waals surface area contributed by atoms with Crippen molar-refractivity contribution >= 4 is 87.3 Å². The molecule has 63 heavy (non-hydrogen) atoms. The largest absolute Gasteiger partial charge is 0.326 e. The van der Waals surface area contributed by atoms with E-state index in [1.54, 1.807) is 40.9 Å². The summed E-state index contributed by atoms with van der Waals surface area (Å²) in [6, 6.07) is 16.1. The second-order valence-corrected chi connectivity index (χ2v) is 15.9. The van der Waals surface area contributed by atoms with Crippen LogP contribution in [0.1, 0.15) is 11.1 Å². The molecule has 10 aromatic rings. The summed E-state index contributed by atoms with van der Waals surface area (Å²) in [7, 11) is 3.60. The highest BCUT2D eigenvalue weighted by Crippen LogP contribution is 2.32. The van der Waals surface area contributed by atoms with E-state index in [1.165, 1.54) is 53.6 Å². The van der Waals surface area contributed by atoms with Crippen LogP contribution >= 0.6 is 43.5 Å². The summed E-state index contributed by atoms with van der Waals surface area (Å²) in [6.45, 7) is -0.279. The van der Waals surface area contributed by atoms with Crippen molar-refractivity contribution in [1.82, 2.24) is 49.0 Å². The molecule has 0 bridgehead atoms. The number of aromatic amines is 1. The molecule has 0 amide bonds. The molecule has 316 valence electrons. The van der Waals surface area contributed by atoms with Crippen LogP contribution in [0.5, 0.6) is 0 Å². The van der Waals surface area contributed by atoms with Crippen molar-refractivity contribution in [2.45, 2.75) is 12.4 Å². The maximum absolute atomic E-state index is 15.0. The number of rotatable bonds is 5. The van der Waals surface area contributed by atoms with Crippen molar-refractivity contribution in [2.75, 3.05) is 0 Å². The number of H-pyrrole nitrogens is 1. The number of hydrogen-bond acceptors (Lipinski definition) is 8. The second-order valence-electron chi connectivity index (χ2n) is 13.9. The predicted octanol–water partition coefficient (Wildman–Crippen LogP) is 9.77. The number of hydrogen-bond donors (Lipinski definition) is 1. The summed E-state index contributed by atoms with van der Waals surface area (Å²) in [5.41, 5.74) is 4.26. The topological polar surface area (TPSA) is 142 Å². The van der Waals surface area contributed by atoms with Crippen molar-refractivity contribution < 1.29 is 17.6 Å². The molecule has 0 unspecified atom stereocenters. The van der Waals surface area contributed by atoms with Crippen LogP contribution in [0.2, 0.25) is 0 Å². The lowest BCUT2D eigenvalue weighted by Gasteiger charge is -2.12. The van der Waals surface area contributed by atoms with Crippen molar-refractivity contribution in [3.05, 3.63) is 174 Å². The lowest BCUT2D eigenvalue weighted by molar-refractivity contribution is 0.542. The zero-order valence-electron chi connectivity index (χ0n) is 32.8. The highest BCUT2D eigenvalue weighted by Gasteiger charge is 2.18. The van der Waals surface area contributed by atoms with Gasteiger partial charge in [0.15, 0.2) is 11.0 Å². The molecule has 12 nitrogen and oxygen atoms in total. The van der Waals surface area contributed by atoms with Gasteiger partial charge in [-0.1, -0.05) is 24.3 Å².